The van der Waals surface area contributed by atoms with Crippen molar-refractivity contribution in [3.63, 3.8) is 0 Å². The standard InChI is InChI=1S/C18H19N7O2/c1-25-11-13(22-18(26)21-12-5-3-2-4-6-12)9-15(25)17-23-16(24-27-17)14-10-19-7-8-20-14/h2-8,10,13,15H,9,11H2,1H3,(H2,21,22,26)/t13-,15-/m0/s1. The van der Waals surface area contributed by atoms with Crippen LogP contribution in [0.25, 0.3) is 11.5 Å². The fourth-order valence-corrected chi connectivity index (χ4v) is 3.16. The third kappa shape index (κ3) is 3.93. The molecule has 1 aliphatic heterocycles. The molecule has 0 aliphatic carbocycles. The molecule has 0 radical (unpaired) electrons. The minimum Gasteiger partial charge on any atom is -0.337 e. The van der Waals surface area contributed by atoms with Gasteiger partial charge in [0, 0.05) is 30.7 Å². The molecule has 27 heavy (non-hydrogen) atoms. The smallest absolute Gasteiger partial charge is 0.319 e. The first-order chi connectivity index (χ1) is 13.2. The van der Waals surface area contributed by atoms with Crippen LogP contribution in [0.2, 0.25) is 0 Å². The first-order valence-corrected chi connectivity index (χ1v) is 8.62. The molecule has 1 aromatic carbocycles. The van der Waals surface area contributed by atoms with Crippen molar-refractivity contribution < 1.29 is 9.32 Å². The van der Waals surface area contributed by atoms with Crippen LogP contribution in [-0.2, 0) is 0 Å². The lowest BCUT2D eigenvalue weighted by atomic mass is 10.1. The summed E-state index contributed by atoms with van der Waals surface area (Å²) in [5.41, 5.74) is 1.31. The van der Waals surface area contributed by atoms with Crippen molar-refractivity contribution in [2.24, 2.45) is 0 Å². The number of likely N-dealkylation sites (N-methyl/N-ethyl adjacent to an activating group) is 1. The largest absolute Gasteiger partial charge is 0.337 e. The number of rotatable bonds is 4. The monoisotopic (exact) mass is 365 g/mol. The van der Waals surface area contributed by atoms with Gasteiger partial charge >= 0.3 is 6.03 Å². The van der Waals surface area contributed by atoms with E-state index in [1.807, 2.05) is 37.4 Å². The second-order valence-electron chi connectivity index (χ2n) is 6.40. The van der Waals surface area contributed by atoms with Crippen molar-refractivity contribution in [2.75, 3.05) is 18.9 Å². The number of amides is 2. The first kappa shape index (κ1) is 17.1. The molecule has 0 spiro atoms. The second-order valence-corrected chi connectivity index (χ2v) is 6.40. The summed E-state index contributed by atoms with van der Waals surface area (Å²) in [6, 6.07) is 9.02. The Morgan fingerprint density at radius 2 is 2.11 bits per heavy atom. The van der Waals surface area contributed by atoms with Crippen LogP contribution >= 0.6 is 0 Å². The average Bonchev–Trinajstić information content (AvgIpc) is 3.30. The summed E-state index contributed by atoms with van der Waals surface area (Å²) >= 11 is 0. The molecule has 138 valence electrons. The summed E-state index contributed by atoms with van der Waals surface area (Å²) in [6.07, 6.45) is 5.44. The highest BCUT2D eigenvalue weighted by atomic mass is 16.5. The molecule has 2 aromatic heterocycles. The zero-order chi connectivity index (χ0) is 18.6. The molecular weight excluding hydrogens is 346 g/mol. The van der Waals surface area contributed by atoms with Gasteiger partial charge in [0.1, 0.15) is 5.69 Å². The van der Waals surface area contributed by atoms with Gasteiger partial charge in [0.15, 0.2) is 0 Å². The van der Waals surface area contributed by atoms with Crippen molar-refractivity contribution in [1.82, 2.24) is 30.3 Å². The van der Waals surface area contributed by atoms with Crippen molar-refractivity contribution in [2.45, 2.75) is 18.5 Å². The highest BCUT2D eigenvalue weighted by molar-refractivity contribution is 5.89. The molecule has 2 atom stereocenters. The number of carbonyl (C=O) groups is 1. The SMILES string of the molecule is CN1C[C@@H](NC(=O)Nc2ccccc2)C[C@H]1c1nc(-c2cnccn2)no1. The average molecular weight is 365 g/mol. The van der Waals surface area contributed by atoms with Crippen LogP contribution < -0.4 is 10.6 Å². The van der Waals surface area contributed by atoms with Crippen LogP contribution in [0.4, 0.5) is 10.5 Å². The lowest BCUT2D eigenvalue weighted by Gasteiger charge is -2.14. The topological polar surface area (TPSA) is 109 Å². The number of urea groups is 1. The molecular formula is C18H19N7O2. The highest BCUT2D eigenvalue weighted by Gasteiger charge is 2.35. The molecule has 1 saturated heterocycles. The predicted molar refractivity (Wildman–Crippen MR) is 97.7 cm³/mol. The number of hydrogen-bond acceptors (Lipinski definition) is 7. The van der Waals surface area contributed by atoms with Gasteiger partial charge in [-0.25, -0.2) is 9.78 Å². The molecule has 1 fully saturated rings. The molecule has 0 unspecified atom stereocenters. The Balaban J connectivity index is 1.38. The lowest BCUT2D eigenvalue weighted by molar-refractivity contribution is 0.243. The van der Waals surface area contributed by atoms with Gasteiger partial charge < -0.3 is 15.2 Å². The molecule has 0 saturated carbocycles. The van der Waals surface area contributed by atoms with Gasteiger partial charge in [-0.2, -0.15) is 4.98 Å². The van der Waals surface area contributed by atoms with E-state index in [4.69, 9.17) is 4.52 Å². The van der Waals surface area contributed by atoms with Gasteiger partial charge in [0.05, 0.1) is 12.2 Å². The summed E-state index contributed by atoms with van der Waals surface area (Å²) in [6.45, 7) is 0.690. The van der Waals surface area contributed by atoms with Gasteiger partial charge in [-0.15, -0.1) is 0 Å². The van der Waals surface area contributed by atoms with Crippen molar-refractivity contribution >= 4 is 11.7 Å². The van der Waals surface area contributed by atoms with E-state index in [0.717, 1.165) is 5.69 Å². The summed E-state index contributed by atoms with van der Waals surface area (Å²) in [7, 11) is 1.97. The van der Waals surface area contributed by atoms with E-state index in [-0.39, 0.29) is 18.1 Å². The Morgan fingerprint density at radius 1 is 1.26 bits per heavy atom. The highest BCUT2D eigenvalue weighted by Crippen LogP contribution is 2.30. The van der Waals surface area contributed by atoms with Crippen LogP contribution in [0.3, 0.4) is 0 Å². The molecule has 3 heterocycles. The molecule has 0 bridgehead atoms. The Labute approximate surface area is 155 Å². The predicted octanol–water partition coefficient (Wildman–Crippen LogP) is 2.09. The third-order valence-electron chi connectivity index (χ3n) is 4.43. The van der Waals surface area contributed by atoms with E-state index in [1.165, 1.54) is 0 Å². The maximum Gasteiger partial charge on any atom is 0.319 e. The zero-order valence-electron chi connectivity index (χ0n) is 14.7. The molecule has 4 rings (SSSR count). The van der Waals surface area contributed by atoms with Gasteiger partial charge in [-0.3, -0.25) is 9.88 Å². The van der Waals surface area contributed by atoms with E-state index >= 15 is 0 Å². The van der Waals surface area contributed by atoms with Gasteiger partial charge in [0.2, 0.25) is 11.7 Å². The lowest BCUT2D eigenvalue weighted by Crippen LogP contribution is -2.39. The number of nitrogens with zero attached hydrogens (tertiary/aromatic N) is 5. The summed E-state index contributed by atoms with van der Waals surface area (Å²) in [5.74, 6) is 0.913. The minimum absolute atomic E-state index is 0.0180. The maximum atomic E-state index is 12.2. The Kier molecular flexibility index (Phi) is 4.75. The molecule has 2 amide bonds. The van der Waals surface area contributed by atoms with Crippen LogP contribution in [0, 0.1) is 0 Å². The van der Waals surface area contributed by atoms with E-state index in [1.54, 1.807) is 18.6 Å². The van der Waals surface area contributed by atoms with E-state index in [2.05, 4.69) is 35.6 Å². The second kappa shape index (κ2) is 7.50. The normalized spacial score (nSPS) is 19.7. The summed E-state index contributed by atoms with van der Waals surface area (Å²) in [5, 5.41) is 9.81. The van der Waals surface area contributed by atoms with Gasteiger partial charge in [-0.1, -0.05) is 23.4 Å². The molecule has 9 nitrogen and oxygen atoms in total. The fourth-order valence-electron chi connectivity index (χ4n) is 3.16. The van der Waals surface area contributed by atoms with Crippen LogP contribution in [0.15, 0.2) is 53.4 Å². The first-order valence-electron chi connectivity index (χ1n) is 8.62. The van der Waals surface area contributed by atoms with E-state index < -0.39 is 0 Å². The molecule has 9 heteroatoms. The third-order valence-corrected chi connectivity index (χ3v) is 4.43. The minimum atomic E-state index is -0.231. The molecule has 2 N–H and O–H groups in total. The number of anilines is 1. The zero-order valence-corrected chi connectivity index (χ0v) is 14.7. The Bertz CT molecular complexity index is 900. The van der Waals surface area contributed by atoms with Crippen molar-refractivity contribution in [3.05, 3.63) is 54.8 Å². The van der Waals surface area contributed by atoms with Crippen molar-refractivity contribution in [1.29, 1.82) is 0 Å². The number of nitrogens with one attached hydrogen (secondary N) is 2. The Morgan fingerprint density at radius 3 is 2.89 bits per heavy atom. The molecule has 3 aromatic rings. The van der Waals surface area contributed by atoms with Crippen molar-refractivity contribution in [3.8, 4) is 11.5 Å². The van der Waals surface area contributed by atoms with E-state index in [0.29, 0.717) is 30.4 Å². The number of para-hydroxylation sites is 1. The maximum absolute atomic E-state index is 12.2. The summed E-state index contributed by atoms with van der Waals surface area (Å²) < 4.78 is 5.42. The van der Waals surface area contributed by atoms with Crippen LogP contribution in [0.5, 0.6) is 0 Å². The molecule has 1 aliphatic rings. The van der Waals surface area contributed by atoms with Crippen LogP contribution in [-0.4, -0.2) is 50.7 Å². The van der Waals surface area contributed by atoms with Crippen LogP contribution in [0.1, 0.15) is 18.4 Å². The number of hydrogen-bond donors (Lipinski definition) is 2. The van der Waals surface area contributed by atoms with E-state index in [9.17, 15) is 4.79 Å². The number of carbonyl (C=O) groups excluding carboxylic acids is 1. The fraction of sp³-hybridized carbons (Fsp3) is 0.278. The Hall–Kier alpha value is -3.33. The number of aromatic nitrogens is 4. The number of benzene rings is 1. The quantitative estimate of drug-likeness (QED) is 0.728. The van der Waals surface area contributed by atoms with Gasteiger partial charge in [-0.05, 0) is 25.6 Å². The summed E-state index contributed by atoms with van der Waals surface area (Å²) in [4.78, 5) is 26.9. The number of likely N-dealkylation sites (tertiary alicyclic amines) is 1. The van der Waals surface area contributed by atoms with Gasteiger partial charge in [0.25, 0.3) is 0 Å².